The Labute approximate surface area is 299 Å². The van der Waals surface area contributed by atoms with E-state index in [9.17, 15) is 14.7 Å². The maximum Gasteiger partial charge on any atom is 0.306 e. The summed E-state index contributed by atoms with van der Waals surface area (Å²) in [5, 5.41) is 9.53. The molecule has 0 bridgehead atoms. The van der Waals surface area contributed by atoms with Crippen LogP contribution in [0.25, 0.3) is 0 Å². The normalized spacial score (nSPS) is 11.5. The van der Waals surface area contributed by atoms with Crippen LogP contribution >= 0.6 is 0 Å². The lowest BCUT2D eigenvalue weighted by Crippen LogP contribution is -2.29. The van der Waals surface area contributed by atoms with Crippen LogP contribution < -0.4 is 0 Å². The molecule has 0 atom stereocenters. The number of carbonyl (C=O) groups is 2. The summed E-state index contributed by atoms with van der Waals surface area (Å²) in [5.74, 6) is -0.0766. The summed E-state index contributed by atoms with van der Waals surface area (Å²) >= 11 is 0. The number of hydrogen-bond donors (Lipinski definition) is 1. The van der Waals surface area contributed by atoms with Gasteiger partial charge in [0.1, 0.15) is 6.10 Å². The van der Waals surface area contributed by atoms with Gasteiger partial charge in [0.25, 0.3) is 0 Å². The lowest BCUT2D eigenvalue weighted by molar-refractivity contribution is -0.150. The zero-order valence-corrected chi connectivity index (χ0v) is 32.6. The van der Waals surface area contributed by atoms with Crippen molar-refractivity contribution < 1.29 is 24.2 Å². The van der Waals surface area contributed by atoms with E-state index >= 15 is 0 Å². The van der Waals surface area contributed by atoms with E-state index in [0.717, 1.165) is 77.3 Å². The topological polar surface area (TPSA) is 76.1 Å². The van der Waals surface area contributed by atoms with E-state index < -0.39 is 0 Å². The molecule has 0 aliphatic heterocycles. The standard InChI is InChI=1S/C42H83NO5/c1-4-7-10-13-16-17-18-21-30-39-47-41(45)33-26-22-28-35-43(37-38-44)36-29-23-27-34-42(46)48-40(31-24-19-14-11-8-5-2)32-25-20-15-12-9-6-3/h40,44H,4-39H2,1-3H3. The maximum atomic E-state index is 12.7. The average molecular weight is 682 g/mol. The third kappa shape index (κ3) is 34.7. The van der Waals surface area contributed by atoms with Crippen LogP contribution in [0, 0.1) is 0 Å². The summed E-state index contributed by atoms with van der Waals surface area (Å²) in [6.07, 6.45) is 35.6. The van der Waals surface area contributed by atoms with Gasteiger partial charge < -0.3 is 19.5 Å². The Morgan fingerprint density at radius 3 is 1.33 bits per heavy atom. The molecule has 0 aliphatic rings. The van der Waals surface area contributed by atoms with Crippen molar-refractivity contribution in [3.8, 4) is 0 Å². The third-order valence-electron chi connectivity index (χ3n) is 9.70. The molecule has 0 heterocycles. The Morgan fingerprint density at radius 1 is 0.479 bits per heavy atom. The van der Waals surface area contributed by atoms with E-state index in [1.54, 1.807) is 0 Å². The van der Waals surface area contributed by atoms with E-state index in [2.05, 4.69) is 25.7 Å². The SMILES string of the molecule is CCCCCCCCCCCOC(=O)CCCCCN(CCO)CCCCCC(=O)OC(CCCCCCCC)CCCCCCCC. The summed E-state index contributed by atoms with van der Waals surface area (Å²) in [4.78, 5) is 27.1. The van der Waals surface area contributed by atoms with E-state index in [-0.39, 0.29) is 24.6 Å². The fraction of sp³-hybridized carbons (Fsp3) is 0.952. The first-order valence-electron chi connectivity index (χ1n) is 21.3. The molecule has 0 saturated carbocycles. The molecule has 0 aromatic rings. The summed E-state index contributed by atoms with van der Waals surface area (Å²) in [7, 11) is 0. The highest BCUT2D eigenvalue weighted by atomic mass is 16.5. The van der Waals surface area contributed by atoms with E-state index in [4.69, 9.17) is 9.47 Å². The first kappa shape index (κ1) is 46.9. The first-order valence-corrected chi connectivity index (χ1v) is 21.3. The fourth-order valence-corrected chi connectivity index (χ4v) is 6.52. The van der Waals surface area contributed by atoms with Crippen LogP contribution in [-0.2, 0) is 19.1 Å². The van der Waals surface area contributed by atoms with Crippen LogP contribution in [0.1, 0.15) is 220 Å². The quantitative estimate of drug-likeness (QED) is 0.0514. The van der Waals surface area contributed by atoms with Gasteiger partial charge >= 0.3 is 11.9 Å². The number of carbonyl (C=O) groups excluding carboxylic acids is 2. The van der Waals surface area contributed by atoms with Crippen molar-refractivity contribution >= 4 is 11.9 Å². The van der Waals surface area contributed by atoms with Crippen molar-refractivity contribution in [2.24, 2.45) is 0 Å². The minimum Gasteiger partial charge on any atom is -0.466 e. The predicted molar refractivity (Wildman–Crippen MR) is 205 cm³/mol. The summed E-state index contributed by atoms with van der Waals surface area (Å²) in [6.45, 7) is 10.1. The highest BCUT2D eigenvalue weighted by Gasteiger charge is 2.14. The highest BCUT2D eigenvalue weighted by molar-refractivity contribution is 5.69. The molecule has 0 aromatic carbocycles. The summed E-state index contributed by atoms with van der Waals surface area (Å²) in [6, 6.07) is 0. The van der Waals surface area contributed by atoms with Crippen LogP contribution in [0.4, 0.5) is 0 Å². The van der Waals surface area contributed by atoms with Crippen LogP contribution in [0.15, 0.2) is 0 Å². The van der Waals surface area contributed by atoms with Crippen LogP contribution in [0.5, 0.6) is 0 Å². The fourth-order valence-electron chi connectivity index (χ4n) is 6.52. The molecule has 6 nitrogen and oxygen atoms in total. The molecule has 6 heteroatoms. The van der Waals surface area contributed by atoms with Crippen molar-refractivity contribution in [2.75, 3.05) is 32.8 Å². The molecule has 0 aliphatic carbocycles. The maximum absolute atomic E-state index is 12.7. The van der Waals surface area contributed by atoms with Gasteiger partial charge in [-0.2, -0.15) is 0 Å². The first-order chi connectivity index (χ1) is 23.6. The molecule has 0 radical (unpaired) electrons. The minimum absolute atomic E-state index is 0.0177. The Balaban J connectivity index is 4.03. The Hall–Kier alpha value is -1.14. The zero-order chi connectivity index (χ0) is 35.2. The molecule has 0 saturated heterocycles. The number of unbranched alkanes of at least 4 members (excludes halogenated alkanes) is 22. The number of nitrogens with zero attached hydrogens (tertiary/aromatic N) is 1. The van der Waals surface area contributed by atoms with Crippen molar-refractivity contribution in [2.45, 2.75) is 226 Å². The second kappa shape index (κ2) is 38.7. The number of ether oxygens (including phenoxy) is 2. The molecular weight excluding hydrogens is 598 g/mol. The molecular formula is C42H83NO5. The molecule has 0 amide bonds. The van der Waals surface area contributed by atoms with Gasteiger partial charge in [-0.05, 0) is 70.9 Å². The number of hydrogen-bond acceptors (Lipinski definition) is 6. The van der Waals surface area contributed by atoms with Crippen LogP contribution in [0.2, 0.25) is 0 Å². The van der Waals surface area contributed by atoms with Crippen molar-refractivity contribution in [3.63, 3.8) is 0 Å². The molecule has 1 N–H and O–H groups in total. The van der Waals surface area contributed by atoms with Gasteiger partial charge in [0.05, 0.1) is 13.2 Å². The molecule has 0 spiro atoms. The van der Waals surface area contributed by atoms with Crippen molar-refractivity contribution in [1.29, 1.82) is 0 Å². The molecule has 48 heavy (non-hydrogen) atoms. The lowest BCUT2D eigenvalue weighted by Gasteiger charge is -2.21. The number of aliphatic hydroxyl groups is 1. The van der Waals surface area contributed by atoms with Gasteiger partial charge in [-0.3, -0.25) is 9.59 Å². The van der Waals surface area contributed by atoms with Gasteiger partial charge in [-0.25, -0.2) is 0 Å². The van der Waals surface area contributed by atoms with Crippen molar-refractivity contribution in [1.82, 2.24) is 4.90 Å². The third-order valence-corrected chi connectivity index (χ3v) is 9.70. The molecule has 0 rings (SSSR count). The smallest absolute Gasteiger partial charge is 0.306 e. The number of esters is 2. The van der Waals surface area contributed by atoms with Crippen LogP contribution in [-0.4, -0.2) is 60.9 Å². The number of aliphatic hydroxyl groups excluding tert-OH is 1. The average Bonchev–Trinajstić information content (AvgIpc) is 3.08. The molecule has 286 valence electrons. The second-order valence-electron chi connectivity index (χ2n) is 14.5. The van der Waals surface area contributed by atoms with Gasteiger partial charge in [0, 0.05) is 19.4 Å². The van der Waals surface area contributed by atoms with Crippen LogP contribution in [0.3, 0.4) is 0 Å². The molecule has 0 unspecified atom stereocenters. The number of rotatable bonds is 39. The van der Waals surface area contributed by atoms with E-state index in [1.807, 2.05) is 0 Å². The van der Waals surface area contributed by atoms with E-state index in [0.29, 0.717) is 26.0 Å². The van der Waals surface area contributed by atoms with Gasteiger partial charge in [-0.1, -0.05) is 149 Å². The Bertz CT molecular complexity index is 656. The highest BCUT2D eigenvalue weighted by Crippen LogP contribution is 2.18. The molecule has 0 fully saturated rings. The Kier molecular flexibility index (Phi) is 37.7. The molecule has 0 aromatic heterocycles. The Morgan fingerprint density at radius 2 is 0.875 bits per heavy atom. The minimum atomic E-state index is -0.0588. The predicted octanol–water partition coefficient (Wildman–Crippen LogP) is 11.9. The van der Waals surface area contributed by atoms with Gasteiger partial charge in [0.15, 0.2) is 0 Å². The largest absolute Gasteiger partial charge is 0.466 e. The van der Waals surface area contributed by atoms with E-state index in [1.165, 1.54) is 122 Å². The van der Waals surface area contributed by atoms with Crippen molar-refractivity contribution in [3.05, 3.63) is 0 Å². The summed E-state index contributed by atoms with van der Waals surface area (Å²) in [5.41, 5.74) is 0. The summed E-state index contributed by atoms with van der Waals surface area (Å²) < 4.78 is 11.4. The monoisotopic (exact) mass is 682 g/mol. The van der Waals surface area contributed by atoms with Gasteiger partial charge in [-0.15, -0.1) is 0 Å². The van der Waals surface area contributed by atoms with Gasteiger partial charge in [0.2, 0.25) is 0 Å². The lowest BCUT2D eigenvalue weighted by atomic mass is 10.0. The zero-order valence-electron chi connectivity index (χ0n) is 32.6. The second-order valence-corrected chi connectivity index (χ2v) is 14.5.